The fourth-order valence-corrected chi connectivity index (χ4v) is 2.94. The van der Waals surface area contributed by atoms with E-state index in [0.29, 0.717) is 35.1 Å². The van der Waals surface area contributed by atoms with Crippen molar-refractivity contribution in [3.8, 4) is 17.2 Å². The smallest absolute Gasteiger partial charge is 0.274 e. The molecule has 0 aliphatic heterocycles. The van der Waals surface area contributed by atoms with Gasteiger partial charge in [-0.05, 0) is 55.0 Å². The van der Waals surface area contributed by atoms with Gasteiger partial charge in [0.25, 0.3) is 11.8 Å². The zero-order chi connectivity index (χ0) is 24.3. The largest absolute Gasteiger partial charge is 0.495 e. The van der Waals surface area contributed by atoms with Gasteiger partial charge in [0.05, 0.1) is 31.2 Å². The molecule has 0 atom stereocenters. The van der Waals surface area contributed by atoms with Crippen molar-refractivity contribution >= 4 is 23.7 Å². The summed E-state index contributed by atoms with van der Waals surface area (Å²) in [5, 5.41) is 6.60. The van der Waals surface area contributed by atoms with Crippen LogP contribution < -0.4 is 25.0 Å². The third-order valence-corrected chi connectivity index (χ3v) is 4.51. The van der Waals surface area contributed by atoms with E-state index in [4.69, 9.17) is 14.2 Å². The molecule has 0 bridgehead atoms. The van der Waals surface area contributed by atoms with Crippen LogP contribution in [0.5, 0.6) is 17.2 Å². The number of ether oxygens (including phenoxy) is 3. The Labute approximate surface area is 196 Å². The van der Waals surface area contributed by atoms with Crippen LogP contribution in [0.2, 0.25) is 0 Å². The number of anilines is 1. The van der Waals surface area contributed by atoms with Crippen LogP contribution in [0.1, 0.15) is 22.8 Å². The Morgan fingerprint density at radius 1 is 0.971 bits per heavy atom. The molecule has 0 radical (unpaired) electrons. The molecular weight excluding hydrogens is 441 g/mol. The molecule has 3 aromatic rings. The summed E-state index contributed by atoms with van der Waals surface area (Å²) in [6.07, 6.45) is 1.39. The van der Waals surface area contributed by atoms with Gasteiger partial charge in [-0.15, -0.1) is 0 Å². The number of carbonyl (C=O) groups is 2. The second-order valence-corrected chi connectivity index (χ2v) is 6.86. The lowest BCUT2D eigenvalue weighted by atomic mass is 10.2. The molecule has 0 aliphatic carbocycles. The van der Waals surface area contributed by atoms with Crippen LogP contribution in [0.15, 0.2) is 71.8 Å². The Hall–Kier alpha value is -4.40. The number of carbonyl (C=O) groups excluding carboxylic acids is 2. The average Bonchev–Trinajstić information content (AvgIpc) is 2.84. The van der Waals surface area contributed by atoms with Gasteiger partial charge in [-0.3, -0.25) is 9.59 Å². The van der Waals surface area contributed by atoms with Crippen molar-refractivity contribution in [3.05, 3.63) is 83.7 Å². The lowest BCUT2D eigenvalue weighted by Crippen LogP contribution is -2.20. The summed E-state index contributed by atoms with van der Waals surface area (Å²) in [6.45, 7) is 1.94. The van der Waals surface area contributed by atoms with Crippen molar-refractivity contribution in [1.82, 2.24) is 5.43 Å². The molecule has 0 unspecified atom stereocenters. The summed E-state index contributed by atoms with van der Waals surface area (Å²) in [5.41, 5.74) is 3.31. The minimum absolute atomic E-state index is 0.107. The van der Waals surface area contributed by atoms with Crippen LogP contribution in [0, 0.1) is 5.82 Å². The molecule has 0 saturated heterocycles. The molecular formula is C25H24FN3O5. The summed E-state index contributed by atoms with van der Waals surface area (Å²) in [6, 6.07) is 17.6. The lowest BCUT2D eigenvalue weighted by molar-refractivity contribution is -0.118. The second kappa shape index (κ2) is 12.0. The molecule has 0 heterocycles. The first-order chi connectivity index (χ1) is 16.5. The fraction of sp³-hybridized carbons (Fsp3) is 0.160. The number of methoxy groups -OCH3 is 1. The number of nitrogens with one attached hydrogen (secondary N) is 2. The highest BCUT2D eigenvalue weighted by Gasteiger charge is 2.12. The Bertz CT molecular complexity index is 1180. The maximum atomic E-state index is 13.7. The number of halogens is 1. The molecule has 0 saturated carbocycles. The highest BCUT2D eigenvalue weighted by molar-refractivity contribution is 5.95. The van der Waals surface area contributed by atoms with Crippen LogP contribution in [-0.2, 0) is 4.79 Å². The Morgan fingerprint density at radius 3 is 2.50 bits per heavy atom. The molecule has 0 aliphatic rings. The van der Waals surface area contributed by atoms with Crippen molar-refractivity contribution in [3.63, 3.8) is 0 Å². The van der Waals surface area contributed by atoms with E-state index in [9.17, 15) is 14.0 Å². The number of para-hydroxylation sites is 2. The van der Waals surface area contributed by atoms with Gasteiger partial charge in [0.1, 0.15) is 11.6 Å². The van der Waals surface area contributed by atoms with E-state index in [1.165, 1.54) is 31.5 Å². The first kappa shape index (κ1) is 24.2. The van der Waals surface area contributed by atoms with Crippen molar-refractivity contribution in [2.24, 2.45) is 5.10 Å². The molecule has 8 nitrogen and oxygen atoms in total. The van der Waals surface area contributed by atoms with Crippen LogP contribution in [-0.4, -0.2) is 38.4 Å². The van der Waals surface area contributed by atoms with Gasteiger partial charge in [-0.2, -0.15) is 5.10 Å². The van der Waals surface area contributed by atoms with Crippen molar-refractivity contribution in [2.75, 3.05) is 25.6 Å². The number of hydrogen-bond acceptors (Lipinski definition) is 6. The van der Waals surface area contributed by atoms with Crippen molar-refractivity contribution in [2.45, 2.75) is 6.92 Å². The Kier molecular flexibility index (Phi) is 8.56. The molecule has 2 N–H and O–H groups in total. The number of nitrogens with zero attached hydrogens (tertiary/aromatic N) is 1. The number of amides is 2. The van der Waals surface area contributed by atoms with E-state index in [0.717, 1.165) is 0 Å². The lowest BCUT2D eigenvalue weighted by Gasteiger charge is -2.13. The minimum atomic E-state index is -0.666. The van der Waals surface area contributed by atoms with Crippen LogP contribution in [0.25, 0.3) is 0 Å². The summed E-state index contributed by atoms with van der Waals surface area (Å²) in [7, 11) is 1.52. The highest BCUT2D eigenvalue weighted by Crippen LogP contribution is 2.28. The highest BCUT2D eigenvalue weighted by atomic mass is 19.1. The van der Waals surface area contributed by atoms with E-state index in [2.05, 4.69) is 15.8 Å². The SMILES string of the molecule is CCOc1cc(/C=N\NC(=O)c2ccccc2F)ccc1OCC(=O)Nc1ccccc1OC. The number of benzene rings is 3. The maximum absolute atomic E-state index is 13.7. The zero-order valence-corrected chi connectivity index (χ0v) is 18.7. The minimum Gasteiger partial charge on any atom is -0.495 e. The van der Waals surface area contributed by atoms with Gasteiger partial charge in [-0.1, -0.05) is 24.3 Å². The maximum Gasteiger partial charge on any atom is 0.274 e. The third-order valence-electron chi connectivity index (χ3n) is 4.51. The standard InChI is InChI=1S/C25H24FN3O5/c1-3-33-23-14-17(15-27-29-25(31)18-8-4-5-9-19(18)26)12-13-22(23)34-16-24(30)28-20-10-6-7-11-21(20)32-2/h4-15H,3,16H2,1-2H3,(H,28,30)(H,29,31)/b27-15-. The summed E-state index contributed by atoms with van der Waals surface area (Å²) in [4.78, 5) is 24.4. The topological polar surface area (TPSA) is 98.3 Å². The van der Waals surface area contributed by atoms with Gasteiger partial charge in [0, 0.05) is 0 Å². The molecule has 3 aromatic carbocycles. The predicted molar refractivity (Wildman–Crippen MR) is 126 cm³/mol. The average molecular weight is 465 g/mol. The Balaban J connectivity index is 1.62. The first-order valence-electron chi connectivity index (χ1n) is 10.4. The van der Waals surface area contributed by atoms with E-state index < -0.39 is 11.7 Å². The Morgan fingerprint density at radius 2 is 1.74 bits per heavy atom. The van der Waals surface area contributed by atoms with Crippen molar-refractivity contribution in [1.29, 1.82) is 0 Å². The van der Waals surface area contributed by atoms with Crippen LogP contribution in [0.3, 0.4) is 0 Å². The number of hydrazone groups is 1. The molecule has 0 aromatic heterocycles. The molecule has 3 rings (SSSR count). The normalized spacial score (nSPS) is 10.6. The molecule has 2 amide bonds. The van der Waals surface area contributed by atoms with E-state index in [-0.39, 0.29) is 18.1 Å². The van der Waals surface area contributed by atoms with E-state index >= 15 is 0 Å². The molecule has 176 valence electrons. The second-order valence-electron chi connectivity index (χ2n) is 6.86. The van der Waals surface area contributed by atoms with Crippen LogP contribution >= 0.6 is 0 Å². The zero-order valence-electron chi connectivity index (χ0n) is 18.7. The van der Waals surface area contributed by atoms with Gasteiger partial charge in [-0.25, -0.2) is 9.82 Å². The molecule has 0 fully saturated rings. The quantitative estimate of drug-likeness (QED) is 0.348. The first-order valence-corrected chi connectivity index (χ1v) is 10.4. The molecule has 9 heteroatoms. The van der Waals surface area contributed by atoms with Gasteiger partial charge < -0.3 is 19.5 Å². The van der Waals surface area contributed by atoms with Gasteiger partial charge in [0.2, 0.25) is 0 Å². The van der Waals surface area contributed by atoms with E-state index in [1.807, 2.05) is 6.92 Å². The summed E-state index contributed by atoms with van der Waals surface area (Å²) < 4.78 is 30.1. The predicted octanol–water partition coefficient (Wildman–Crippen LogP) is 4.01. The molecule has 34 heavy (non-hydrogen) atoms. The third kappa shape index (κ3) is 6.55. The molecule has 0 spiro atoms. The van der Waals surface area contributed by atoms with Crippen molar-refractivity contribution < 1.29 is 28.2 Å². The van der Waals surface area contributed by atoms with Crippen LogP contribution in [0.4, 0.5) is 10.1 Å². The number of hydrogen-bond donors (Lipinski definition) is 2. The van der Waals surface area contributed by atoms with Gasteiger partial charge in [0.15, 0.2) is 18.1 Å². The fourth-order valence-electron chi connectivity index (χ4n) is 2.94. The summed E-state index contributed by atoms with van der Waals surface area (Å²) in [5.74, 6) is -0.364. The van der Waals surface area contributed by atoms with E-state index in [1.54, 1.807) is 48.5 Å². The monoisotopic (exact) mass is 465 g/mol. The van der Waals surface area contributed by atoms with Gasteiger partial charge >= 0.3 is 0 Å². The number of rotatable bonds is 10. The summed E-state index contributed by atoms with van der Waals surface area (Å²) >= 11 is 0.